The fourth-order valence-corrected chi connectivity index (χ4v) is 4.43. The van der Waals surface area contributed by atoms with E-state index in [1.54, 1.807) is 42.8 Å². The fourth-order valence-electron chi connectivity index (χ4n) is 2.93. The van der Waals surface area contributed by atoms with Crippen molar-refractivity contribution in [1.82, 2.24) is 14.1 Å². The van der Waals surface area contributed by atoms with E-state index in [-0.39, 0.29) is 11.4 Å². The third kappa shape index (κ3) is 3.79. The first-order chi connectivity index (χ1) is 12.8. The molecule has 7 nitrogen and oxygen atoms in total. The lowest BCUT2D eigenvalue weighted by Crippen LogP contribution is -2.27. The van der Waals surface area contributed by atoms with Crippen LogP contribution in [0.2, 0.25) is 0 Å². The van der Waals surface area contributed by atoms with Crippen LogP contribution in [0.5, 0.6) is 0 Å². The van der Waals surface area contributed by atoms with Crippen LogP contribution in [-0.2, 0) is 23.1 Å². The number of aromatic nitrogens is 2. The maximum atomic E-state index is 13.0. The first kappa shape index (κ1) is 18.9. The molecular formula is C19H20N4O3S. The minimum atomic E-state index is -3.71. The van der Waals surface area contributed by atoms with Crippen LogP contribution in [0.15, 0.2) is 52.0 Å². The van der Waals surface area contributed by atoms with E-state index in [4.69, 9.17) is 9.68 Å². The zero-order chi connectivity index (χ0) is 19.6. The van der Waals surface area contributed by atoms with Crippen molar-refractivity contribution >= 4 is 10.0 Å². The topological polar surface area (TPSA) is 92.1 Å². The summed E-state index contributed by atoms with van der Waals surface area (Å²) in [5.74, 6) is 0.571. The Kier molecular flexibility index (Phi) is 5.17. The van der Waals surface area contributed by atoms with Crippen LogP contribution in [0.1, 0.15) is 28.3 Å². The summed E-state index contributed by atoms with van der Waals surface area (Å²) in [4.78, 5) is 0.213. The summed E-state index contributed by atoms with van der Waals surface area (Å²) in [6.45, 7) is 4.01. The minimum absolute atomic E-state index is 0.148. The Morgan fingerprint density at radius 1 is 1.22 bits per heavy atom. The van der Waals surface area contributed by atoms with Gasteiger partial charge >= 0.3 is 0 Å². The van der Waals surface area contributed by atoms with E-state index in [1.807, 2.05) is 12.1 Å². The van der Waals surface area contributed by atoms with Gasteiger partial charge in [-0.1, -0.05) is 12.1 Å². The summed E-state index contributed by atoms with van der Waals surface area (Å²) in [5, 5.41) is 13.3. The number of aryl methyl sites for hydroxylation is 1. The van der Waals surface area contributed by atoms with Crippen LogP contribution in [0.25, 0.3) is 0 Å². The van der Waals surface area contributed by atoms with Gasteiger partial charge in [0.25, 0.3) is 0 Å². The molecule has 0 spiro atoms. The van der Waals surface area contributed by atoms with Gasteiger partial charge in [0.15, 0.2) is 0 Å². The van der Waals surface area contributed by atoms with Crippen molar-refractivity contribution in [3.63, 3.8) is 0 Å². The minimum Gasteiger partial charge on any atom is -0.468 e. The first-order valence-electron chi connectivity index (χ1n) is 8.34. The van der Waals surface area contributed by atoms with Crippen LogP contribution >= 0.6 is 0 Å². The standard InChI is InChI=1S/C19H20N4O3S/c1-14-19(27(24,25)22(3)13-18-5-4-10-26-18)15(2)23(21-14)12-17-8-6-16(11-20)7-9-17/h4-10H,12-13H2,1-3H3. The summed E-state index contributed by atoms with van der Waals surface area (Å²) in [5.41, 5.74) is 2.54. The predicted octanol–water partition coefficient (Wildman–Crippen LogP) is 2.83. The molecule has 140 valence electrons. The fraction of sp³-hybridized carbons (Fsp3) is 0.263. The van der Waals surface area contributed by atoms with Crippen molar-refractivity contribution in [3.05, 3.63) is 70.9 Å². The van der Waals surface area contributed by atoms with Crippen molar-refractivity contribution in [3.8, 4) is 6.07 Å². The van der Waals surface area contributed by atoms with Gasteiger partial charge in [0, 0.05) is 7.05 Å². The molecule has 0 aliphatic rings. The second-order valence-electron chi connectivity index (χ2n) is 6.31. The number of nitriles is 1. The first-order valence-corrected chi connectivity index (χ1v) is 9.78. The summed E-state index contributed by atoms with van der Waals surface area (Å²) in [6.07, 6.45) is 1.52. The predicted molar refractivity (Wildman–Crippen MR) is 99.3 cm³/mol. The molecule has 3 rings (SSSR count). The molecule has 0 radical (unpaired) electrons. The number of benzene rings is 1. The van der Waals surface area contributed by atoms with Gasteiger partial charge in [0.2, 0.25) is 10.0 Å². The molecule has 0 unspecified atom stereocenters. The van der Waals surface area contributed by atoms with Gasteiger partial charge in [-0.2, -0.15) is 14.7 Å². The molecule has 0 saturated carbocycles. The normalized spacial score (nSPS) is 11.7. The number of furan rings is 1. The van der Waals surface area contributed by atoms with Gasteiger partial charge in [-0.05, 0) is 43.7 Å². The van der Waals surface area contributed by atoms with Crippen molar-refractivity contribution in [2.24, 2.45) is 0 Å². The molecule has 8 heteroatoms. The second kappa shape index (κ2) is 7.39. The lowest BCUT2D eigenvalue weighted by atomic mass is 10.1. The van der Waals surface area contributed by atoms with Gasteiger partial charge in [-0.3, -0.25) is 4.68 Å². The second-order valence-corrected chi connectivity index (χ2v) is 8.29. The molecule has 2 aromatic heterocycles. The Morgan fingerprint density at radius 3 is 2.52 bits per heavy atom. The molecule has 1 aromatic carbocycles. The van der Waals surface area contributed by atoms with Crippen molar-refractivity contribution in [2.45, 2.75) is 31.8 Å². The lowest BCUT2D eigenvalue weighted by molar-refractivity contribution is 0.406. The van der Waals surface area contributed by atoms with E-state index in [9.17, 15) is 8.42 Å². The largest absolute Gasteiger partial charge is 0.468 e. The zero-order valence-electron chi connectivity index (χ0n) is 15.4. The Balaban J connectivity index is 1.89. The third-order valence-corrected chi connectivity index (χ3v) is 6.41. The molecule has 0 bridgehead atoms. The van der Waals surface area contributed by atoms with Crippen LogP contribution in [-0.4, -0.2) is 29.6 Å². The quantitative estimate of drug-likeness (QED) is 0.652. The van der Waals surface area contributed by atoms with Crippen LogP contribution in [0.3, 0.4) is 0 Å². The van der Waals surface area contributed by atoms with Crippen molar-refractivity contribution in [2.75, 3.05) is 7.05 Å². The number of hydrogen-bond donors (Lipinski definition) is 0. The smallest absolute Gasteiger partial charge is 0.246 e. The Bertz CT molecular complexity index is 1080. The Labute approximate surface area is 158 Å². The van der Waals surface area contributed by atoms with Gasteiger partial charge < -0.3 is 4.42 Å². The number of sulfonamides is 1. The number of nitrogens with zero attached hydrogens (tertiary/aromatic N) is 4. The van der Waals surface area contributed by atoms with E-state index in [0.717, 1.165) is 5.56 Å². The van der Waals surface area contributed by atoms with E-state index in [0.29, 0.717) is 29.3 Å². The van der Waals surface area contributed by atoms with Gasteiger partial charge in [0.05, 0.1) is 42.4 Å². The zero-order valence-corrected chi connectivity index (χ0v) is 16.2. The average Bonchev–Trinajstić information content (AvgIpc) is 3.23. The van der Waals surface area contributed by atoms with Crippen LogP contribution in [0, 0.1) is 25.2 Å². The third-order valence-electron chi connectivity index (χ3n) is 4.36. The highest BCUT2D eigenvalue weighted by atomic mass is 32.2. The Morgan fingerprint density at radius 2 is 1.93 bits per heavy atom. The molecule has 0 aliphatic carbocycles. The van der Waals surface area contributed by atoms with Crippen molar-refractivity contribution in [1.29, 1.82) is 5.26 Å². The number of rotatable bonds is 6. The van der Waals surface area contributed by atoms with E-state index in [1.165, 1.54) is 17.6 Å². The summed E-state index contributed by atoms with van der Waals surface area (Å²) < 4.78 is 34.3. The molecule has 0 atom stereocenters. The average molecular weight is 384 g/mol. The van der Waals surface area contributed by atoms with Crippen molar-refractivity contribution < 1.29 is 12.8 Å². The molecule has 2 heterocycles. The molecule has 0 amide bonds. The van der Waals surface area contributed by atoms with E-state index < -0.39 is 10.0 Å². The van der Waals surface area contributed by atoms with Gasteiger partial charge in [-0.25, -0.2) is 8.42 Å². The molecular weight excluding hydrogens is 364 g/mol. The lowest BCUT2D eigenvalue weighted by Gasteiger charge is -2.16. The molecule has 27 heavy (non-hydrogen) atoms. The van der Waals surface area contributed by atoms with Crippen LogP contribution in [0.4, 0.5) is 0 Å². The monoisotopic (exact) mass is 384 g/mol. The maximum Gasteiger partial charge on any atom is 0.246 e. The number of hydrogen-bond acceptors (Lipinski definition) is 5. The highest BCUT2D eigenvalue weighted by molar-refractivity contribution is 7.89. The van der Waals surface area contributed by atoms with Crippen LogP contribution < -0.4 is 0 Å². The summed E-state index contributed by atoms with van der Waals surface area (Å²) >= 11 is 0. The molecule has 0 fully saturated rings. The summed E-state index contributed by atoms with van der Waals surface area (Å²) in [6, 6.07) is 12.7. The Hall–Kier alpha value is -2.89. The van der Waals surface area contributed by atoms with Gasteiger partial charge in [-0.15, -0.1) is 0 Å². The molecule has 0 saturated heterocycles. The van der Waals surface area contributed by atoms with E-state index in [2.05, 4.69) is 11.2 Å². The summed E-state index contributed by atoms with van der Waals surface area (Å²) in [7, 11) is -2.19. The highest BCUT2D eigenvalue weighted by Crippen LogP contribution is 2.24. The maximum absolute atomic E-state index is 13.0. The molecule has 0 aliphatic heterocycles. The van der Waals surface area contributed by atoms with Gasteiger partial charge in [0.1, 0.15) is 10.7 Å². The molecule has 0 N–H and O–H groups in total. The van der Waals surface area contributed by atoms with E-state index >= 15 is 0 Å². The molecule has 3 aromatic rings. The highest BCUT2D eigenvalue weighted by Gasteiger charge is 2.29. The SMILES string of the molecule is Cc1nn(Cc2ccc(C#N)cc2)c(C)c1S(=O)(=O)N(C)Cc1ccco1.